The molecular weight excluding hydrogens is 442 g/mol. The van der Waals surface area contributed by atoms with Crippen LogP contribution in [-0.4, -0.2) is 24.6 Å². The second kappa shape index (κ2) is 8.47. The SMILES string of the molecule is C[C@@H](Nc1ncccc1C(O)O)c1cc(Cl)cn2c(=O)cc(N3Cc4ccccc4C3)nc12. The number of hydrogen-bond acceptors (Lipinski definition) is 7. The van der Waals surface area contributed by atoms with Crippen LogP contribution < -0.4 is 15.8 Å². The molecular formula is C24H22ClN5O3. The predicted molar refractivity (Wildman–Crippen MR) is 126 cm³/mol. The molecule has 5 rings (SSSR count). The molecule has 3 aromatic heterocycles. The number of nitrogens with one attached hydrogen (secondary N) is 1. The van der Waals surface area contributed by atoms with Crippen molar-refractivity contribution in [1.29, 1.82) is 0 Å². The van der Waals surface area contributed by atoms with Crippen molar-refractivity contribution in [2.24, 2.45) is 0 Å². The van der Waals surface area contributed by atoms with Crippen LogP contribution in [0.1, 0.15) is 41.5 Å². The van der Waals surface area contributed by atoms with Gasteiger partial charge in [0.05, 0.1) is 11.1 Å². The van der Waals surface area contributed by atoms with Crippen LogP contribution in [0, 0.1) is 0 Å². The summed E-state index contributed by atoms with van der Waals surface area (Å²) in [6, 6.07) is 14.3. The molecule has 1 atom stereocenters. The minimum absolute atomic E-state index is 0.230. The second-order valence-electron chi connectivity index (χ2n) is 8.07. The van der Waals surface area contributed by atoms with Gasteiger partial charge in [-0.1, -0.05) is 35.9 Å². The number of fused-ring (bicyclic) bond motifs is 2. The molecule has 3 N–H and O–H groups in total. The number of aliphatic hydroxyl groups excluding tert-OH is 1. The molecule has 1 aromatic carbocycles. The smallest absolute Gasteiger partial charge is 0.260 e. The number of aliphatic hydroxyl groups is 2. The Morgan fingerprint density at radius 1 is 1.06 bits per heavy atom. The third-order valence-electron chi connectivity index (χ3n) is 5.84. The maximum atomic E-state index is 13.0. The van der Waals surface area contributed by atoms with Crippen LogP contribution in [-0.2, 0) is 13.1 Å². The largest absolute Gasteiger partial charge is 0.364 e. The van der Waals surface area contributed by atoms with Gasteiger partial charge in [-0.3, -0.25) is 9.20 Å². The zero-order valence-electron chi connectivity index (χ0n) is 17.8. The first-order chi connectivity index (χ1) is 15.9. The van der Waals surface area contributed by atoms with E-state index in [1.807, 2.05) is 19.1 Å². The second-order valence-corrected chi connectivity index (χ2v) is 8.50. The van der Waals surface area contributed by atoms with Gasteiger partial charge in [0.1, 0.15) is 17.3 Å². The zero-order chi connectivity index (χ0) is 23.1. The van der Waals surface area contributed by atoms with Gasteiger partial charge in [0.2, 0.25) is 0 Å². The molecule has 0 bridgehead atoms. The fraction of sp³-hybridized carbons (Fsp3) is 0.208. The van der Waals surface area contributed by atoms with Crippen molar-refractivity contribution in [3.63, 3.8) is 0 Å². The molecule has 0 radical (unpaired) electrons. The highest BCUT2D eigenvalue weighted by molar-refractivity contribution is 6.30. The highest BCUT2D eigenvalue weighted by Gasteiger charge is 2.22. The Balaban J connectivity index is 1.56. The van der Waals surface area contributed by atoms with Crippen molar-refractivity contribution in [3.05, 3.63) is 98.6 Å². The minimum Gasteiger partial charge on any atom is -0.364 e. The molecule has 0 aliphatic carbocycles. The normalized spacial score (nSPS) is 14.0. The topological polar surface area (TPSA) is 103 Å². The van der Waals surface area contributed by atoms with Gasteiger partial charge in [-0.05, 0) is 36.2 Å². The van der Waals surface area contributed by atoms with Gasteiger partial charge in [0, 0.05) is 42.7 Å². The van der Waals surface area contributed by atoms with Gasteiger partial charge in [-0.15, -0.1) is 0 Å². The Morgan fingerprint density at radius 2 is 1.79 bits per heavy atom. The fourth-order valence-corrected chi connectivity index (χ4v) is 4.40. The summed E-state index contributed by atoms with van der Waals surface area (Å²) in [6.07, 6.45) is 1.44. The molecule has 0 saturated heterocycles. The number of anilines is 2. The van der Waals surface area contributed by atoms with Crippen LogP contribution in [0.15, 0.2) is 65.7 Å². The lowest BCUT2D eigenvalue weighted by Gasteiger charge is -2.21. The summed E-state index contributed by atoms with van der Waals surface area (Å²) in [5.74, 6) is 0.919. The molecule has 9 heteroatoms. The van der Waals surface area contributed by atoms with Crippen LogP contribution in [0.3, 0.4) is 0 Å². The van der Waals surface area contributed by atoms with Crippen LogP contribution in [0.2, 0.25) is 5.02 Å². The van der Waals surface area contributed by atoms with E-state index in [4.69, 9.17) is 16.6 Å². The number of rotatable bonds is 5. The maximum Gasteiger partial charge on any atom is 0.260 e. The number of pyridine rings is 2. The first-order valence-corrected chi connectivity index (χ1v) is 10.9. The molecule has 4 aromatic rings. The van der Waals surface area contributed by atoms with Crippen LogP contribution >= 0.6 is 11.6 Å². The van der Waals surface area contributed by atoms with E-state index < -0.39 is 6.29 Å². The number of hydrogen-bond donors (Lipinski definition) is 3. The minimum atomic E-state index is -1.67. The lowest BCUT2D eigenvalue weighted by atomic mass is 10.1. The van der Waals surface area contributed by atoms with E-state index in [2.05, 4.69) is 27.3 Å². The first-order valence-electron chi connectivity index (χ1n) is 10.5. The van der Waals surface area contributed by atoms with Gasteiger partial charge in [0.15, 0.2) is 6.29 Å². The quantitative estimate of drug-likeness (QED) is 0.390. The molecule has 1 aliphatic rings. The zero-order valence-corrected chi connectivity index (χ0v) is 18.6. The van der Waals surface area contributed by atoms with Crippen molar-refractivity contribution < 1.29 is 10.2 Å². The van der Waals surface area contributed by atoms with E-state index in [9.17, 15) is 15.0 Å². The Labute approximate surface area is 194 Å². The molecule has 4 heterocycles. The van der Waals surface area contributed by atoms with Gasteiger partial charge < -0.3 is 20.4 Å². The summed E-state index contributed by atoms with van der Waals surface area (Å²) in [5, 5.41) is 22.9. The summed E-state index contributed by atoms with van der Waals surface area (Å²) < 4.78 is 1.43. The standard InChI is InChI=1S/C24H22ClN5O3/c1-14(27-22-18(24(32)33)7-4-8-26-22)19-9-17(25)13-30-21(31)10-20(28-23(19)30)29-11-15-5-2-3-6-16(15)12-29/h2-10,13-14,24,32-33H,11-12H2,1H3,(H,26,27)/t14-/m1/s1. The summed E-state index contributed by atoms with van der Waals surface area (Å²) in [5.41, 5.74) is 3.61. The lowest BCUT2D eigenvalue weighted by molar-refractivity contribution is -0.0421. The third-order valence-corrected chi connectivity index (χ3v) is 6.05. The summed E-state index contributed by atoms with van der Waals surface area (Å²) in [7, 11) is 0. The van der Waals surface area contributed by atoms with Crippen molar-refractivity contribution in [2.75, 3.05) is 10.2 Å². The van der Waals surface area contributed by atoms with Gasteiger partial charge in [-0.25, -0.2) is 9.97 Å². The summed E-state index contributed by atoms with van der Waals surface area (Å²) >= 11 is 6.33. The van der Waals surface area contributed by atoms with Gasteiger partial charge in [-0.2, -0.15) is 0 Å². The highest BCUT2D eigenvalue weighted by Crippen LogP contribution is 2.30. The van der Waals surface area contributed by atoms with Crippen LogP contribution in [0.25, 0.3) is 5.65 Å². The van der Waals surface area contributed by atoms with Crippen molar-refractivity contribution in [2.45, 2.75) is 32.3 Å². The third kappa shape index (κ3) is 4.04. The Kier molecular flexibility index (Phi) is 5.49. The molecule has 0 unspecified atom stereocenters. The summed E-state index contributed by atoms with van der Waals surface area (Å²) in [6.45, 7) is 3.24. The Bertz CT molecular complexity index is 1380. The number of benzene rings is 1. The number of aromatic nitrogens is 3. The van der Waals surface area contributed by atoms with E-state index in [0.717, 1.165) is 0 Å². The molecule has 0 spiro atoms. The highest BCUT2D eigenvalue weighted by atomic mass is 35.5. The predicted octanol–water partition coefficient (Wildman–Crippen LogP) is 3.42. The number of halogens is 1. The van der Waals surface area contributed by atoms with Crippen LogP contribution in [0.4, 0.5) is 11.6 Å². The first kappa shape index (κ1) is 21.4. The molecule has 0 fully saturated rings. The van der Waals surface area contributed by atoms with E-state index in [1.165, 1.54) is 21.6 Å². The average molecular weight is 464 g/mol. The Morgan fingerprint density at radius 3 is 2.48 bits per heavy atom. The molecule has 33 heavy (non-hydrogen) atoms. The molecule has 168 valence electrons. The monoisotopic (exact) mass is 463 g/mol. The van der Waals surface area contributed by atoms with Gasteiger partial charge in [0.25, 0.3) is 5.56 Å². The van der Waals surface area contributed by atoms with Crippen LogP contribution in [0.5, 0.6) is 0 Å². The van der Waals surface area contributed by atoms with E-state index in [-0.39, 0.29) is 17.2 Å². The van der Waals surface area contributed by atoms with E-state index >= 15 is 0 Å². The molecule has 0 saturated carbocycles. The molecule has 1 aliphatic heterocycles. The van der Waals surface area contributed by atoms with E-state index in [1.54, 1.807) is 30.6 Å². The lowest BCUT2D eigenvalue weighted by Crippen LogP contribution is -2.23. The van der Waals surface area contributed by atoms with Gasteiger partial charge >= 0.3 is 0 Å². The fourth-order valence-electron chi connectivity index (χ4n) is 4.19. The number of nitrogens with zero attached hydrogens (tertiary/aromatic N) is 4. The van der Waals surface area contributed by atoms with Crippen molar-refractivity contribution >= 4 is 28.9 Å². The van der Waals surface area contributed by atoms with Crippen molar-refractivity contribution in [1.82, 2.24) is 14.4 Å². The average Bonchev–Trinajstić information content (AvgIpc) is 3.23. The molecule has 8 nitrogen and oxygen atoms in total. The van der Waals surface area contributed by atoms with E-state index in [0.29, 0.717) is 41.0 Å². The van der Waals surface area contributed by atoms with Crippen molar-refractivity contribution in [3.8, 4) is 0 Å². The summed E-state index contributed by atoms with van der Waals surface area (Å²) in [4.78, 5) is 24.1. The maximum absolute atomic E-state index is 13.0. The molecule has 0 amide bonds. The Hall–Kier alpha value is -3.46.